The lowest BCUT2D eigenvalue weighted by molar-refractivity contribution is -0.121. The number of aromatic nitrogens is 1. The number of fused-ring (bicyclic) bond motifs is 1. The number of imide groups is 1. The van der Waals surface area contributed by atoms with Gasteiger partial charge in [-0.15, -0.1) is 0 Å². The molecule has 2 aromatic carbocycles. The van der Waals surface area contributed by atoms with Crippen molar-refractivity contribution in [3.63, 3.8) is 0 Å². The van der Waals surface area contributed by atoms with Crippen LogP contribution in [0.25, 0.3) is 10.2 Å². The highest BCUT2D eigenvalue weighted by atomic mass is 32.1. The minimum atomic E-state index is -0.350. The highest BCUT2D eigenvalue weighted by Crippen LogP contribution is 2.29. The van der Waals surface area contributed by atoms with E-state index in [-0.39, 0.29) is 36.5 Å². The minimum Gasteiger partial charge on any atom is -0.326 e. The van der Waals surface area contributed by atoms with E-state index >= 15 is 0 Å². The minimum absolute atomic E-state index is 0.164. The summed E-state index contributed by atoms with van der Waals surface area (Å²) in [6.45, 7) is 1.43. The van der Waals surface area contributed by atoms with Crippen LogP contribution in [0, 0.1) is 0 Å². The molecule has 0 unspecified atom stereocenters. The molecule has 3 aromatic rings. The quantitative estimate of drug-likeness (QED) is 0.645. The Morgan fingerprint density at radius 2 is 1.69 bits per heavy atom. The number of nitrogens with one attached hydrogen (secondary N) is 2. The summed E-state index contributed by atoms with van der Waals surface area (Å²) in [4.78, 5) is 52.8. The molecule has 146 valence electrons. The van der Waals surface area contributed by atoms with Crippen molar-refractivity contribution in [2.24, 2.45) is 0 Å². The van der Waals surface area contributed by atoms with Gasteiger partial charge in [0.25, 0.3) is 5.91 Å². The zero-order valence-electron chi connectivity index (χ0n) is 15.4. The average molecular weight is 408 g/mol. The summed E-state index contributed by atoms with van der Waals surface area (Å²) in [6.07, 6.45) is 0.421. The van der Waals surface area contributed by atoms with Crippen LogP contribution in [0.1, 0.15) is 30.1 Å². The normalized spacial score (nSPS) is 13.8. The monoisotopic (exact) mass is 408 g/mol. The number of carbonyl (C=O) groups excluding carboxylic acids is 4. The van der Waals surface area contributed by atoms with Crippen molar-refractivity contribution in [2.75, 3.05) is 15.5 Å². The van der Waals surface area contributed by atoms with Crippen molar-refractivity contribution in [1.29, 1.82) is 0 Å². The standard InChI is InChI=1S/C20H16N4O4S/c1-11(25)21-13-4-7-15-16(10-13)29-20(22-15)23-19(28)12-2-5-14(6-3-12)24-17(26)8-9-18(24)27/h2-7,10H,8-9H2,1H3,(H,21,25)(H,22,23,28). The largest absolute Gasteiger partial charge is 0.326 e. The number of anilines is 3. The molecule has 1 fully saturated rings. The van der Waals surface area contributed by atoms with Crippen LogP contribution in [-0.4, -0.2) is 28.6 Å². The first kappa shape index (κ1) is 18.8. The van der Waals surface area contributed by atoms with Crippen LogP contribution >= 0.6 is 11.3 Å². The zero-order valence-corrected chi connectivity index (χ0v) is 16.2. The third-order valence-corrected chi connectivity index (χ3v) is 5.30. The van der Waals surface area contributed by atoms with Crippen LogP contribution in [0.5, 0.6) is 0 Å². The van der Waals surface area contributed by atoms with Gasteiger partial charge in [0, 0.05) is 31.0 Å². The highest BCUT2D eigenvalue weighted by molar-refractivity contribution is 7.22. The van der Waals surface area contributed by atoms with E-state index in [4.69, 9.17) is 0 Å². The summed E-state index contributed by atoms with van der Waals surface area (Å²) < 4.78 is 0.827. The SMILES string of the molecule is CC(=O)Nc1ccc2nc(NC(=O)c3ccc(N4C(=O)CCC4=O)cc3)sc2c1. The first-order valence-corrected chi connectivity index (χ1v) is 9.68. The Kier molecular flexibility index (Phi) is 4.81. The number of carbonyl (C=O) groups is 4. The van der Waals surface area contributed by atoms with Crippen LogP contribution < -0.4 is 15.5 Å². The van der Waals surface area contributed by atoms with Crippen LogP contribution in [0.15, 0.2) is 42.5 Å². The van der Waals surface area contributed by atoms with Gasteiger partial charge in [-0.25, -0.2) is 4.98 Å². The van der Waals surface area contributed by atoms with Gasteiger partial charge < -0.3 is 5.32 Å². The number of hydrogen-bond donors (Lipinski definition) is 2. The fourth-order valence-corrected chi connectivity index (χ4v) is 3.95. The second kappa shape index (κ2) is 7.44. The Bertz CT molecular complexity index is 1140. The second-order valence-corrected chi connectivity index (χ2v) is 7.54. The van der Waals surface area contributed by atoms with Gasteiger partial charge in [-0.2, -0.15) is 0 Å². The summed E-state index contributed by atoms with van der Waals surface area (Å²) >= 11 is 1.29. The van der Waals surface area contributed by atoms with E-state index in [2.05, 4.69) is 15.6 Å². The molecular formula is C20H16N4O4S. The van der Waals surface area contributed by atoms with Crippen molar-refractivity contribution < 1.29 is 19.2 Å². The maximum atomic E-state index is 12.5. The Hall–Kier alpha value is -3.59. The lowest BCUT2D eigenvalue weighted by Gasteiger charge is -2.13. The average Bonchev–Trinajstić information content (AvgIpc) is 3.23. The molecule has 0 spiro atoms. The second-order valence-electron chi connectivity index (χ2n) is 6.51. The first-order valence-electron chi connectivity index (χ1n) is 8.86. The van der Waals surface area contributed by atoms with Gasteiger partial charge >= 0.3 is 0 Å². The molecule has 4 rings (SSSR count). The highest BCUT2D eigenvalue weighted by Gasteiger charge is 2.30. The maximum Gasteiger partial charge on any atom is 0.257 e. The van der Waals surface area contributed by atoms with Crippen molar-refractivity contribution in [3.8, 4) is 0 Å². The van der Waals surface area contributed by atoms with Crippen LogP contribution in [0.2, 0.25) is 0 Å². The van der Waals surface area contributed by atoms with E-state index in [1.165, 1.54) is 18.3 Å². The molecule has 2 N–H and O–H groups in total. The smallest absolute Gasteiger partial charge is 0.257 e. The molecule has 2 heterocycles. The third-order valence-electron chi connectivity index (χ3n) is 4.37. The van der Waals surface area contributed by atoms with Gasteiger partial charge in [-0.05, 0) is 42.5 Å². The summed E-state index contributed by atoms with van der Waals surface area (Å²) in [7, 11) is 0. The zero-order chi connectivity index (χ0) is 20.5. The van der Waals surface area contributed by atoms with E-state index in [0.717, 1.165) is 9.60 Å². The van der Waals surface area contributed by atoms with Crippen LogP contribution in [0.3, 0.4) is 0 Å². The number of benzene rings is 2. The molecule has 0 saturated carbocycles. The molecule has 1 aliphatic rings. The molecule has 0 aliphatic carbocycles. The van der Waals surface area contributed by atoms with E-state index < -0.39 is 0 Å². The van der Waals surface area contributed by atoms with Gasteiger partial charge in [-0.1, -0.05) is 11.3 Å². The Morgan fingerprint density at radius 1 is 1.00 bits per heavy atom. The summed E-state index contributed by atoms with van der Waals surface area (Å²) in [6, 6.07) is 11.6. The first-order chi connectivity index (χ1) is 13.9. The molecule has 1 aliphatic heterocycles. The predicted molar refractivity (Wildman–Crippen MR) is 110 cm³/mol. The maximum absolute atomic E-state index is 12.5. The molecule has 29 heavy (non-hydrogen) atoms. The lowest BCUT2D eigenvalue weighted by Crippen LogP contribution is -2.28. The van der Waals surface area contributed by atoms with Crippen molar-refractivity contribution in [2.45, 2.75) is 19.8 Å². The van der Waals surface area contributed by atoms with Crippen molar-refractivity contribution in [3.05, 3.63) is 48.0 Å². The topological polar surface area (TPSA) is 108 Å². The lowest BCUT2D eigenvalue weighted by atomic mass is 10.2. The summed E-state index contributed by atoms with van der Waals surface area (Å²) in [5.74, 6) is -0.986. The van der Waals surface area contributed by atoms with Crippen molar-refractivity contribution >= 4 is 61.7 Å². The molecule has 1 saturated heterocycles. The summed E-state index contributed by atoms with van der Waals surface area (Å²) in [5.41, 5.74) is 2.21. The number of nitrogens with zero attached hydrogens (tertiary/aromatic N) is 2. The van der Waals surface area contributed by atoms with E-state index in [1.807, 2.05) is 0 Å². The Balaban J connectivity index is 1.49. The van der Waals surface area contributed by atoms with E-state index in [9.17, 15) is 19.2 Å². The molecule has 1 aromatic heterocycles. The molecule has 9 heteroatoms. The van der Waals surface area contributed by atoms with E-state index in [1.54, 1.807) is 42.5 Å². The molecule has 4 amide bonds. The molecule has 0 atom stereocenters. The van der Waals surface area contributed by atoms with E-state index in [0.29, 0.717) is 27.6 Å². The number of hydrogen-bond acceptors (Lipinski definition) is 6. The Labute approximate surface area is 169 Å². The third kappa shape index (κ3) is 3.85. The summed E-state index contributed by atoms with van der Waals surface area (Å²) in [5, 5.41) is 5.89. The number of amides is 4. The number of rotatable bonds is 4. The fourth-order valence-electron chi connectivity index (χ4n) is 3.05. The molecule has 8 nitrogen and oxygen atoms in total. The fraction of sp³-hybridized carbons (Fsp3) is 0.150. The Morgan fingerprint density at radius 3 is 2.34 bits per heavy atom. The van der Waals surface area contributed by atoms with Gasteiger partial charge in [0.05, 0.1) is 15.9 Å². The van der Waals surface area contributed by atoms with Gasteiger partial charge in [-0.3, -0.25) is 29.4 Å². The van der Waals surface area contributed by atoms with Crippen LogP contribution in [0.4, 0.5) is 16.5 Å². The van der Waals surface area contributed by atoms with Gasteiger partial charge in [0.1, 0.15) is 0 Å². The van der Waals surface area contributed by atoms with Crippen LogP contribution in [-0.2, 0) is 14.4 Å². The van der Waals surface area contributed by atoms with Crippen molar-refractivity contribution in [1.82, 2.24) is 4.98 Å². The number of thiazole rings is 1. The van der Waals surface area contributed by atoms with Gasteiger partial charge in [0.2, 0.25) is 17.7 Å². The molecule has 0 radical (unpaired) electrons. The predicted octanol–water partition coefficient (Wildman–Crippen LogP) is 3.16. The molecule has 0 bridgehead atoms. The molecular weight excluding hydrogens is 392 g/mol. The van der Waals surface area contributed by atoms with Gasteiger partial charge in [0.15, 0.2) is 5.13 Å².